The maximum atomic E-state index is 13.1. The fraction of sp³-hybridized carbons (Fsp3) is 0.522. The lowest BCUT2D eigenvalue weighted by molar-refractivity contribution is -0.131. The van der Waals surface area contributed by atoms with E-state index in [1.54, 1.807) is 22.7 Å². The minimum Gasteiger partial charge on any atom is -0.379 e. The van der Waals surface area contributed by atoms with Crippen LogP contribution in [0.25, 0.3) is 20.7 Å². The lowest BCUT2D eigenvalue weighted by Crippen LogP contribution is -2.49. The first kappa shape index (κ1) is 22.7. The molecule has 2 saturated heterocycles. The Balaban J connectivity index is 1.45. The van der Waals surface area contributed by atoms with Crippen molar-refractivity contribution in [2.75, 3.05) is 78.0 Å². The molecule has 3 aromatic heterocycles. The number of hydrogen-bond acceptors (Lipinski definition) is 9. The van der Waals surface area contributed by atoms with Crippen molar-refractivity contribution in [1.82, 2.24) is 24.7 Å². The maximum absolute atomic E-state index is 13.1. The molecule has 2 aliphatic heterocycles. The van der Waals surface area contributed by atoms with Crippen molar-refractivity contribution < 1.29 is 9.53 Å². The SMILES string of the molecule is CN1CCN(C(=O)CN(C)c2nc(CN3CCOCC3)nc3scc(-c4cccs4)c23)CC1. The molecule has 0 atom stereocenters. The van der Waals surface area contributed by atoms with E-state index in [0.717, 1.165) is 79.9 Å². The van der Waals surface area contributed by atoms with Gasteiger partial charge >= 0.3 is 0 Å². The number of anilines is 1. The summed E-state index contributed by atoms with van der Waals surface area (Å²) < 4.78 is 5.49. The molecule has 5 heterocycles. The second-order valence-corrected chi connectivity index (χ2v) is 10.5. The number of likely N-dealkylation sites (N-methyl/N-ethyl adjacent to an activating group) is 2. The summed E-state index contributed by atoms with van der Waals surface area (Å²) in [5.41, 5.74) is 1.15. The van der Waals surface area contributed by atoms with Crippen LogP contribution in [0.3, 0.4) is 0 Å². The zero-order valence-electron chi connectivity index (χ0n) is 19.2. The molecular weight excluding hydrogens is 456 g/mol. The number of amides is 1. The predicted molar refractivity (Wildman–Crippen MR) is 134 cm³/mol. The van der Waals surface area contributed by atoms with Crippen LogP contribution in [0.4, 0.5) is 5.82 Å². The van der Waals surface area contributed by atoms with Gasteiger partial charge in [-0.05, 0) is 18.5 Å². The van der Waals surface area contributed by atoms with Gasteiger partial charge < -0.3 is 19.4 Å². The highest BCUT2D eigenvalue weighted by Gasteiger charge is 2.24. The van der Waals surface area contributed by atoms with E-state index in [1.165, 1.54) is 4.88 Å². The zero-order chi connectivity index (χ0) is 22.8. The number of ether oxygens (including phenoxy) is 1. The third-order valence-corrected chi connectivity index (χ3v) is 8.08. The predicted octanol–water partition coefficient (Wildman–Crippen LogP) is 2.46. The summed E-state index contributed by atoms with van der Waals surface area (Å²) in [6.07, 6.45) is 0. The highest BCUT2D eigenvalue weighted by molar-refractivity contribution is 7.18. The molecule has 2 aliphatic rings. The molecule has 0 unspecified atom stereocenters. The topological polar surface area (TPSA) is 65.0 Å². The van der Waals surface area contributed by atoms with Crippen LogP contribution in [0, 0.1) is 0 Å². The minimum absolute atomic E-state index is 0.153. The van der Waals surface area contributed by atoms with Crippen LogP contribution in [0.1, 0.15) is 5.82 Å². The van der Waals surface area contributed by atoms with Crippen LogP contribution in [0.5, 0.6) is 0 Å². The smallest absolute Gasteiger partial charge is 0.242 e. The van der Waals surface area contributed by atoms with Crippen molar-refractivity contribution in [1.29, 1.82) is 0 Å². The first-order valence-corrected chi connectivity index (χ1v) is 13.1. The van der Waals surface area contributed by atoms with Crippen molar-refractivity contribution in [3.63, 3.8) is 0 Å². The number of thiophene rings is 2. The standard InChI is InChI=1S/C23H30N6O2S2/c1-26-5-7-29(8-6-26)20(30)15-27(2)22-21-17(18-4-3-13-32-18)16-33-23(21)25-19(24-22)14-28-9-11-31-12-10-28/h3-4,13,16H,5-12,14-15H2,1-2H3. The summed E-state index contributed by atoms with van der Waals surface area (Å²) >= 11 is 3.37. The van der Waals surface area contributed by atoms with Crippen LogP contribution in [-0.4, -0.2) is 104 Å². The molecule has 0 radical (unpaired) electrons. The van der Waals surface area contributed by atoms with Crippen molar-refractivity contribution in [2.24, 2.45) is 0 Å². The molecule has 0 spiro atoms. The fourth-order valence-electron chi connectivity index (χ4n) is 4.32. The number of fused-ring (bicyclic) bond motifs is 1. The lowest BCUT2D eigenvalue weighted by atomic mass is 10.2. The summed E-state index contributed by atoms with van der Waals surface area (Å²) in [5, 5.41) is 5.30. The van der Waals surface area contributed by atoms with E-state index in [-0.39, 0.29) is 5.91 Å². The lowest BCUT2D eigenvalue weighted by Gasteiger charge is -2.33. The highest BCUT2D eigenvalue weighted by atomic mass is 32.1. The maximum Gasteiger partial charge on any atom is 0.242 e. The number of carbonyl (C=O) groups is 1. The molecule has 0 aromatic carbocycles. The number of morpholine rings is 1. The van der Waals surface area contributed by atoms with Crippen LogP contribution in [0.15, 0.2) is 22.9 Å². The van der Waals surface area contributed by atoms with Gasteiger partial charge in [0.1, 0.15) is 16.5 Å². The van der Waals surface area contributed by atoms with Gasteiger partial charge in [-0.2, -0.15) is 0 Å². The molecule has 33 heavy (non-hydrogen) atoms. The number of carbonyl (C=O) groups excluding carboxylic acids is 1. The normalized spacial score (nSPS) is 18.2. The van der Waals surface area contributed by atoms with Gasteiger partial charge in [-0.1, -0.05) is 6.07 Å². The monoisotopic (exact) mass is 486 g/mol. The largest absolute Gasteiger partial charge is 0.379 e. The summed E-state index contributed by atoms with van der Waals surface area (Å²) in [6, 6.07) is 4.20. The Kier molecular flexibility index (Phi) is 6.89. The van der Waals surface area contributed by atoms with Crippen molar-refractivity contribution in [2.45, 2.75) is 6.54 Å². The third kappa shape index (κ3) is 5.04. The highest BCUT2D eigenvalue weighted by Crippen LogP contribution is 2.40. The third-order valence-electron chi connectivity index (χ3n) is 6.31. The molecule has 2 fully saturated rings. The molecule has 3 aromatic rings. The Morgan fingerprint density at radius 1 is 1.12 bits per heavy atom. The number of rotatable bonds is 6. The average Bonchev–Trinajstić information content (AvgIpc) is 3.49. The summed E-state index contributed by atoms with van der Waals surface area (Å²) in [5.74, 6) is 1.80. The Hall–Kier alpha value is -2.11. The van der Waals surface area contributed by atoms with E-state index >= 15 is 0 Å². The number of piperazine rings is 1. The molecule has 10 heteroatoms. The molecule has 8 nitrogen and oxygen atoms in total. The Morgan fingerprint density at radius 2 is 1.91 bits per heavy atom. The van der Waals surface area contributed by atoms with Crippen LogP contribution < -0.4 is 4.90 Å². The molecular formula is C23H30N6O2S2. The number of aromatic nitrogens is 2. The van der Waals surface area contributed by atoms with E-state index in [4.69, 9.17) is 14.7 Å². The second-order valence-electron chi connectivity index (χ2n) is 8.70. The van der Waals surface area contributed by atoms with Gasteiger partial charge in [0.25, 0.3) is 0 Å². The molecule has 5 rings (SSSR count). The number of hydrogen-bond donors (Lipinski definition) is 0. The van der Waals surface area contributed by atoms with Gasteiger partial charge in [-0.15, -0.1) is 22.7 Å². The summed E-state index contributed by atoms with van der Waals surface area (Å²) in [6.45, 7) is 7.68. The fourth-order valence-corrected chi connectivity index (χ4v) is 6.09. The quantitative estimate of drug-likeness (QED) is 0.530. The molecule has 176 valence electrons. The average molecular weight is 487 g/mol. The molecule has 0 aliphatic carbocycles. The van der Waals surface area contributed by atoms with Crippen LogP contribution in [-0.2, 0) is 16.1 Å². The minimum atomic E-state index is 0.153. The molecule has 1 amide bonds. The van der Waals surface area contributed by atoms with Crippen molar-refractivity contribution in [3.05, 3.63) is 28.7 Å². The first-order chi connectivity index (χ1) is 16.1. The van der Waals surface area contributed by atoms with E-state index in [9.17, 15) is 4.79 Å². The molecule has 0 bridgehead atoms. The van der Waals surface area contributed by atoms with E-state index in [0.29, 0.717) is 13.1 Å². The Bertz CT molecular complexity index is 1090. The van der Waals surface area contributed by atoms with Gasteiger partial charge in [0.2, 0.25) is 5.91 Å². The van der Waals surface area contributed by atoms with Crippen molar-refractivity contribution in [3.8, 4) is 10.4 Å². The van der Waals surface area contributed by atoms with E-state index < -0.39 is 0 Å². The Labute approximate surface area is 202 Å². The van der Waals surface area contributed by atoms with Gasteiger partial charge in [0.05, 0.1) is 31.7 Å². The van der Waals surface area contributed by atoms with Crippen LogP contribution in [0.2, 0.25) is 0 Å². The van der Waals surface area contributed by atoms with Crippen LogP contribution >= 0.6 is 22.7 Å². The van der Waals surface area contributed by atoms with E-state index in [2.05, 4.69) is 39.7 Å². The van der Waals surface area contributed by atoms with Gasteiger partial charge in [0, 0.05) is 62.1 Å². The zero-order valence-corrected chi connectivity index (χ0v) is 20.8. The van der Waals surface area contributed by atoms with E-state index in [1.807, 2.05) is 16.8 Å². The molecule has 0 N–H and O–H groups in total. The first-order valence-electron chi connectivity index (χ1n) is 11.4. The summed E-state index contributed by atoms with van der Waals surface area (Å²) in [4.78, 5) is 33.8. The van der Waals surface area contributed by atoms with Gasteiger partial charge in [0.15, 0.2) is 0 Å². The number of nitrogens with zero attached hydrogens (tertiary/aromatic N) is 6. The van der Waals surface area contributed by atoms with Crippen molar-refractivity contribution >= 4 is 44.6 Å². The van der Waals surface area contributed by atoms with Gasteiger partial charge in [-0.25, -0.2) is 9.97 Å². The Morgan fingerprint density at radius 3 is 2.64 bits per heavy atom. The van der Waals surface area contributed by atoms with Gasteiger partial charge in [-0.3, -0.25) is 9.69 Å². The second kappa shape index (κ2) is 10.0. The summed E-state index contributed by atoms with van der Waals surface area (Å²) in [7, 11) is 4.08. The molecule has 0 saturated carbocycles.